The second kappa shape index (κ2) is 8.45. The molecule has 0 bridgehead atoms. The van der Waals surface area contributed by atoms with E-state index in [2.05, 4.69) is 34.5 Å². The lowest BCUT2D eigenvalue weighted by atomic mass is 10.2. The molecule has 1 heterocycles. The molecule has 134 valence electrons. The van der Waals surface area contributed by atoms with Crippen LogP contribution in [0.5, 0.6) is 5.75 Å². The van der Waals surface area contributed by atoms with Gasteiger partial charge in [0.25, 0.3) is 0 Å². The number of ether oxygens (including phenoxy) is 2. The van der Waals surface area contributed by atoms with Gasteiger partial charge in [-0.05, 0) is 55.8 Å². The first-order valence-corrected chi connectivity index (χ1v) is 9.11. The Hall–Kier alpha value is -1.91. The predicted octanol–water partition coefficient (Wildman–Crippen LogP) is 4.58. The van der Waals surface area contributed by atoms with Gasteiger partial charge in [-0.1, -0.05) is 17.7 Å². The standard InChI is InChI=1S/C20H25ClN2O2/c1-15(2)25-20-8-3-16(13-19(20)21)14-22-17-4-6-18(7-5-17)23-9-11-24-12-10-23/h3-8,13,15,22H,9-12,14H2,1-2H3. The number of rotatable bonds is 6. The quantitative estimate of drug-likeness (QED) is 0.817. The molecule has 25 heavy (non-hydrogen) atoms. The van der Waals surface area contributed by atoms with Crippen LogP contribution in [0.4, 0.5) is 11.4 Å². The molecule has 0 saturated carbocycles. The predicted molar refractivity (Wildman–Crippen MR) is 104 cm³/mol. The third-order valence-corrected chi connectivity index (χ3v) is 4.39. The van der Waals surface area contributed by atoms with E-state index in [9.17, 15) is 0 Å². The Labute approximate surface area is 154 Å². The summed E-state index contributed by atoms with van der Waals surface area (Å²) in [6, 6.07) is 14.5. The summed E-state index contributed by atoms with van der Waals surface area (Å²) in [5, 5.41) is 4.08. The van der Waals surface area contributed by atoms with Crippen molar-refractivity contribution in [2.45, 2.75) is 26.5 Å². The molecule has 2 aromatic rings. The zero-order valence-electron chi connectivity index (χ0n) is 14.8. The van der Waals surface area contributed by atoms with E-state index in [4.69, 9.17) is 21.1 Å². The topological polar surface area (TPSA) is 33.7 Å². The van der Waals surface area contributed by atoms with Gasteiger partial charge in [0.05, 0.1) is 24.3 Å². The number of nitrogens with one attached hydrogen (secondary N) is 1. The number of benzene rings is 2. The molecule has 0 radical (unpaired) electrons. The highest BCUT2D eigenvalue weighted by molar-refractivity contribution is 6.32. The third kappa shape index (κ3) is 5.03. The van der Waals surface area contributed by atoms with E-state index in [0.29, 0.717) is 5.02 Å². The van der Waals surface area contributed by atoms with Crippen molar-refractivity contribution in [3.8, 4) is 5.75 Å². The van der Waals surface area contributed by atoms with Crippen LogP contribution in [0.3, 0.4) is 0 Å². The highest BCUT2D eigenvalue weighted by atomic mass is 35.5. The summed E-state index contributed by atoms with van der Waals surface area (Å²) in [7, 11) is 0. The zero-order valence-corrected chi connectivity index (χ0v) is 15.6. The summed E-state index contributed by atoms with van der Waals surface area (Å²) in [5.74, 6) is 0.732. The van der Waals surface area contributed by atoms with Crippen LogP contribution in [0.15, 0.2) is 42.5 Å². The van der Waals surface area contributed by atoms with Crippen LogP contribution in [0.25, 0.3) is 0 Å². The molecule has 1 aliphatic rings. The summed E-state index contributed by atoms with van der Waals surface area (Å²) >= 11 is 6.29. The Balaban J connectivity index is 1.57. The number of anilines is 2. The molecule has 0 unspecified atom stereocenters. The molecule has 3 rings (SSSR count). The largest absolute Gasteiger partial charge is 0.489 e. The van der Waals surface area contributed by atoms with Crippen LogP contribution >= 0.6 is 11.6 Å². The highest BCUT2D eigenvalue weighted by Crippen LogP contribution is 2.27. The fourth-order valence-electron chi connectivity index (χ4n) is 2.82. The van der Waals surface area contributed by atoms with E-state index in [1.54, 1.807) is 0 Å². The number of nitrogens with zero attached hydrogens (tertiary/aromatic N) is 1. The van der Waals surface area contributed by atoms with Gasteiger partial charge in [0.1, 0.15) is 5.75 Å². The van der Waals surface area contributed by atoms with Crippen LogP contribution in [0.1, 0.15) is 19.4 Å². The lowest BCUT2D eigenvalue weighted by Gasteiger charge is -2.28. The number of hydrogen-bond acceptors (Lipinski definition) is 4. The average molecular weight is 361 g/mol. The van der Waals surface area contributed by atoms with E-state index in [-0.39, 0.29) is 6.10 Å². The minimum Gasteiger partial charge on any atom is -0.489 e. The molecule has 0 aliphatic carbocycles. The van der Waals surface area contributed by atoms with Crippen LogP contribution in [0, 0.1) is 0 Å². The number of hydrogen-bond donors (Lipinski definition) is 1. The molecular formula is C20H25ClN2O2. The Morgan fingerprint density at radius 2 is 1.84 bits per heavy atom. The van der Waals surface area contributed by atoms with Crippen LogP contribution in [-0.4, -0.2) is 32.4 Å². The van der Waals surface area contributed by atoms with Crippen molar-refractivity contribution in [3.05, 3.63) is 53.1 Å². The monoisotopic (exact) mass is 360 g/mol. The molecule has 2 aromatic carbocycles. The Kier molecular flexibility index (Phi) is 6.05. The van der Waals surface area contributed by atoms with Crippen molar-refractivity contribution in [2.24, 2.45) is 0 Å². The van der Waals surface area contributed by atoms with E-state index < -0.39 is 0 Å². The molecule has 1 fully saturated rings. The normalized spacial score (nSPS) is 14.6. The fourth-order valence-corrected chi connectivity index (χ4v) is 3.07. The summed E-state index contributed by atoms with van der Waals surface area (Å²) < 4.78 is 11.1. The molecule has 4 nitrogen and oxygen atoms in total. The van der Waals surface area contributed by atoms with E-state index in [1.807, 2.05) is 32.0 Å². The summed E-state index contributed by atoms with van der Waals surface area (Å²) in [4.78, 5) is 2.35. The van der Waals surface area contributed by atoms with Gasteiger partial charge < -0.3 is 19.7 Å². The Morgan fingerprint density at radius 3 is 2.48 bits per heavy atom. The first-order chi connectivity index (χ1) is 12.1. The molecule has 1 aliphatic heterocycles. The molecular weight excluding hydrogens is 336 g/mol. The maximum atomic E-state index is 6.29. The number of halogens is 1. The lowest BCUT2D eigenvalue weighted by molar-refractivity contribution is 0.122. The lowest BCUT2D eigenvalue weighted by Crippen LogP contribution is -2.36. The molecule has 1 N–H and O–H groups in total. The van der Waals surface area contributed by atoms with Gasteiger partial charge in [0.15, 0.2) is 0 Å². The van der Waals surface area contributed by atoms with Gasteiger partial charge in [0, 0.05) is 31.0 Å². The summed E-state index contributed by atoms with van der Waals surface area (Å²) in [5.41, 5.74) is 3.46. The Morgan fingerprint density at radius 1 is 1.12 bits per heavy atom. The van der Waals surface area contributed by atoms with Crippen LogP contribution in [-0.2, 0) is 11.3 Å². The van der Waals surface area contributed by atoms with Gasteiger partial charge in [-0.2, -0.15) is 0 Å². The fraction of sp³-hybridized carbons (Fsp3) is 0.400. The van der Waals surface area contributed by atoms with Crippen molar-refractivity contribution in [3.63, 3.8) is 0 Å². The molecule has 0 aromatic heterocycles. The molecule has 0 atom stereocenters. The molecule has 5 heteroatoms. The van der Waals surface area contributed by atoms with Crippen LogP contribution in [0.2, 0.25) is 5.02 Å². The van der Waals surface area contributed by atoms with Gasteiger partial charge in [0.2, 0.25) is 0 Å². The first kappa shape index (κ1) is 17.9. The minimum atomic E-state index is 0.117. The van der Waals surface area contributed by atoms with Crippen LogP contribution < -0.4 is 15.0 Å². The van der Waals surface area contributed by atoms with E-state index >= 15 is 0 Å². The van der Waals surface area contributed by atoms with E-state index in [0.717, 1.165) is 49.8 Å². The first-order valence-electron chi connectivity index (χ1n) is 8.73. The Bertz CT molecular complexity index is 683. The zero-order chi connectivity index (χ0) is 17.6. The van der Waals surface area contributed by atoms with Crippen molar-refractivity contribution in [1.29, 1.82) is 0 Å². The molecule has 1 saturated heterocycles. The van der Waals surface area contributed by atoms with Gasteiger partial charge >= 0.3 is 0 Å². The maximum absolute atomic E-state index is 6.29. The summed E-state index contributed by atoms with van der Waals surface area (Å²) in [6.45, 7) is 8.22. The second-order valence-corrected chi connectivity index (χ2v) is 6.84. The van der Waals surface area contributed by atoms with Crippen molar-refractivity contribution >= 4 is 23.0 Å². The van der Waals surface area contributed by atoms with E-state index in [1.165, 1.54) is 5.69 Å². The average Bonchev–Trinajstić information content (AvgIpc) is 2.63. The van der Waals surface area contributed by atoms with Crippen molar-refractivity contribution < 1.29 is 9.47 Å². The maximum Gasteiger partial charge on any atom is 0.138 e. The minimum absolute atomic E-state index is 0.117. The highest BCUT2D eigenvalue weighted by Gasteiger charge is 2.10. The SMILES string of the molecule is CC(C)Oc1ccc(CNc2ccc(N3CCOCC3)cc2)cc1Cl. The molecule has 0 amide bonds. The van der Waals surface area contributed by atoms with Crippen molar-refractivity contribution in [1.82, 2.24) is 0 Å². The van der Waals surface area contributed by atoms with Crippen molar-refractivity contribution in [2.75, 3.05) is 36.5 Å². The second-order valence-electron chi connectivity index (χ2n) is 6.43. The third-order valence-electron chi connectivity index (χ3n) is 4.10. The van der Waals surface area contributed by atoms with Gasteiger partial charge in [-0.3, -0.25) is 0 Å². The van der Waals surface area contributed by atoms with Gasteiger partial charge in [-0.25, -0.2) is 0 Å². The molecule has 0 spiro atoms. The smallest absolute Gasteiger partial charge is 0.138 e. The summed E-state index contributed by atoms with van der Waals surface area (Å²) in [6.07, 6.45) is 0.117. The van der Waals surface area contributed by atoms with Gasteiger partial charge in [-0.15, -0.1) is 0 Å². The number of morpholine rings is 1.